The number of amides is 1. The van der Waals surface area contributed by atoms with E-state index in [1.807, 2.05) is 31.2 Å². The second kappa shape index (κ2) is 6.91. The quantitative estimate of drug-likeness (QED) is 0.779. The van der Waals surface area contributed by atoms with Crippen LogP contribution in [0.3, 0.4) is 0 Å². The Morgan fingerprint density at radius 3 is 2.92 bits per heavy atom. The highest BCUT2D eigenvalue weighted by Crippen LogP contribution is 2.15. The number of hydrogen-bond donors (Lipinski definition) is 1. The molecule has 1 unspecified atom stereocenters. The lowest BCUT2D eigenvalue weighted by Gasteiger charge is -2.15. The van der Waals surface area contributed by atoms with Crippen molar-refractivity contribution < 1.29 is 9.53 Å². The third-order valence-electron chi connectivity index (χ3n) is 3.34. The number of hydrogen-bond acceptors (Lipinski definition) is 5. The molecule has 2 aromatic heterocycles. The molecule has 1 N–H and O–H groups in total. The fourth-order valence-electron chi connectivity index (χ4n) is 2.13. The molecular weight excluding hydrogens is 306 g/mol. The Morgan fingerprint density at radius 1 is 1.29 bits per heavy atom. The molecule has 122 valence electrons. The van der Waals surface area contributed by atoms with Gasteiger partial charge in [-0.3, -0.25) is 9.36 Å². The molecular formula is C17H17N5O2. The third kappa shape index (κ3) is 3.75. The molecule has 1 aromatic carbocycles. The molecule has 1 amide bonds. The van der Waals surface area contributed by atoms with Gasteiger partial charge in [0.2, 0.25) is 0 Å². The van der Waals surface area contributed by atoms with E-state index in [0.717, 1.165) is 5.56 Å². The number of imidazole rings is 1. The summed E-state index contributed by atoms with van der Waals surface area (Å²) in [6.07, 6.45) is 5.77. The molecule has 3 aromatic rings. The summed E-state index contributed by atoms with van der Waals surface area (Å²) >= 11 is 0. The van der Waals surface area contributed by atoms with Gasteiger partial charge in [0.1, 0.15) is 30.0 Å². The summed E-state index contributed by atoms with van der Waals surface area (Å²) in [5.74, 6) is 1.38. The summed E-state index contributed by atoms with van der Waals surface area (Å²) in [6.45, 7) is 3.66. The number of aryl methyl sites for hydroxylation is 1. The van der Waals surface area contributed by atoms with Crippen molar-refractivity contribution in [2.24, 2.45) is 0 Å². The van der Waals surface area contributed by atoms with Gasteiger partial charge in [-0.25, -0.2) is 15.0 Å². The van der Waals surface area contributed by atoms with Crippen molar-refractivity contribution in [1.29, 1.82) is 0 Å². The van der Waals surface area contributed by atoms with Crippen LogP contribution < -0.4 is 10.1 Å². The van der Waals surface area contributed by atoms with Gasteiger partial charge in [-0.15, -0.1) is 0 Å². The Hall–Kier alpha value is -3.22. The summed E-state index contributed by atoms with van der Waals surface area (Å²) in [7, 11) is 0. The number of rotatable bonds is 5. The number of carbonyl (C=O) groups is 1. The van der Waals surface area contributed by atoms with E-state index < -0.39 is 6.10 Å². The molecule has 0 saturated heterocycles. The molecule has 0 saturated carbocycles. The van der Waals surface area contributed by atoms with Gasteiger partial charge in [0.15, 0.2) is 6.10 Å². The van der Waals surface area contributed by atoms with Gasteiger partial charge >= 0.3 is 0 Å². The predicted molar refractivity (Wildman–Crippen MR) is 89.1 cm³/mol. The minimum atomic E-state index is -0.654. The van der Waals surface area contributed by atoms with Crippen molar-refractivity contribution in [1.82, 2.24) is 19.5 Å². The van der Waals surface area contributed by atoms with Crippen molar-refractivity contribution >= 4 is 11.7 Å². The molecule has 7 heteroatoms. The molecule has 1 atom stereocenters. The molecule has 3 rings (SSSR count). The first-order valence-corrected chi connectivity index (χ1v) is 7.46. The number of benzene rings is 1. The van der Waals surface area contributed by atoms with Crippen LogP contribution in [-0.4, -0.2) is 31.5 Å². The average Bonchev–Trinajstić information content (AvgIpc) is 3.09. The van der Waals surface area contributed by atoms with Crippen LogP contribution in [0, 0.1) is 6.92 Å². The van der Waals surface area contributed by atoms with Crippen LogP contribution in [0.2, 0.25) is 0 Å². The van der Waals surface area contributed by atoms with Crippen LogP contribution in [-0.2, 0) is 4.79 Å². The summed E-state index contributed by atoms with van der Waals surface area (Å²) in [5, 5.41) is 2.73. The monoisotopic (exact) mass is 323 g/mol. The number of aromatic nitrogens is 4. The zero-order chi connectivity index (χ0) is 16.9. The number of nitrogens with one attached hydrogen (secondary N) is 1. The van der Waals surface area contributed by atoms with E-state index in [2.05, 4.69) is 20.3 Å². The van der Waals surface area contributed by atoms with Crippen molar-refractivity contribution in [3.05, 3.63) is 60.9 Å². The molecule has 7 nitrogen and oxygen atoms in total. The van der Waals surface area contributed by atoms with Gasteiger partial charge in [-0.05, 0) is 31.5 Å². The van der Waals surface area contributed by atoms with E-state index >= 15 is 0 Å². The Kier molecular flexibility index (Phi) is 4.51. The number of anilines is 1. The van der Waals surface area contributed by atoms with Gasteiger partial charge < -0.3 is 10.1 Å². The summed E-state index contributed by atoms with van der Waals surface area (Å²) in [4.78, 5) is 24.5. The molecule has 0 fully saturated rings. The van der Waals surface area contributed by atoms with Gasteiger partial charge in [0.25, 0.3) is 5.91 Å². The molecule has 0 spiro atoms. The molecule has 0 aliphatic heterocycles. The van der Waals surface area contributed by atoms with E-state index in [4.69, 9.17) is 4.74 Å². The maximum absolute atomic E-state index is 12.3. The minimum absolute atomic E-state index is 0.285. The standard InChI is InChI=1S/C17H17N5O2/c1-12-4-3-5-14(8-12)24-13(2)17(23)21-15-9-16(20-10-19-15)22-7-6-18-11-22/h3-11,13H,1-2H3,(H,19,20,21,23). The fourth-order valence-corrected chi connectivity index (χ4v) is 2.13. The van der Waals surface area contributed by atoms with E-state index in [-0.39, 0.29) is 5.91 Å². The third-order valence-corrected chi connectivity index (χ3v) is 3.34. The van der Waals surface area contributed by atoms with Crippen molar-refractivity contribution in [2.45, 2.75) is 20.0 Å². The normalized spacial score (nSPS) is 11.8. The first-order chi connectivity index (χ1) is 11.6. The lowest BCUT2D eigenvalue weighted by Crippen LogP contribution is -2.30. The van der Waals surface area contributed by atoms with E-state index in [1.54, 1.807) is 36.3 Å². The van der Waals surface area contributed by atoms with Crippen LogP contribution in [0.4, 0.5) is 5.82 Å². The van der Waals surface area contributed by atoms with Gasteiger partial charge in [-0.1, -0.05) is 12.1 Å². The average molecular weight is 323 g/mol. The van der Waals surface area contributed by atoms with E-state index in [9.17, 15) is 4.79 Å². The van der Waals surface area contributed by atoms with Crippen LogP contribution in [0.1, 0.15) is 12.5 Å². The largest absolute Gasteiger partial charge is 0.481 e. The summed E-state index contributed by atoms with van der Waals surface area (Å²) < 4.78 is 7.39. The Labute approximate surface area is 139 Å². The molecule has 0 bridgehead atoms. The molecule has 0 aliphatic carbocycles. The maximum Gasteiger partial charge on any atom is 0.266 e. The minimum Gasteiger partial charge on any atom is -0.481 e. The molecule has 0 radical (unpaired) electrons. The van der Waals surface area contributed by atoms with Crippen molar-refractivity contribution in [2.75, 3.05) is 5.32 Å². The molecule has 0 aliphatic rings. The van der Waals surface area contributed by atoms with Crippen LogP contribution >= 0.6 is 0 Å². The Bertz CT molecular complexity index is 833. The number of carbonyl (C=O) groups excluding carboxylic acids is 1. The molecule has 24 heavy (non-hydrogen) atoms. The SMILES string of the molecule is Cc1cccc(OC(C)C(=O)Nc2cc(-n3ccnc3)ncn2)c1. The van der Waals surface area contributed by atoms with Gasteiger partial charge in [0.05, 0.1) is 0 Å². The Balaban J connectivity index is 1.67. The van der Waals surface area contributed by atoms with Gasteiger partial charge in [0, 0.05) is 18.5 Å². The van der Waals surface area contributed by atoms with Crippen LogP contribution in [0.15, 0.2) is 55.4 Å². The highest BCUT2D eigenvalue weighted by molar-refractivity contribution is 5.93. The zero-order valence-electron chi connectivity index (χ0n) is 13.4. The lowest BCUT2D eigenvalue weighted by molar-refractivity contribution is -0.122. The first-order valence-electron chi connectivity index (χ1n) is 7.46. The van der Waals surface area contributed by atoms with Crippen LogP contribution in [0.5, 0.6) is 5.75 Å². The fraction of sp³-hybridized carbons (Fsp3) is 0.176. The maximum atomic E-state index is 12.3. The topological polar surface area (TPSA) is 81.9 Å². The van der Waals surface area contributed by atoms with Crippen molar-refractivity contribution in [3.63, 3.8) is 0 Å². The second-order valence-electron chi connectivity index (χ2n) is 5.30. The highest BCUT2D eigenvalue weighted by atomic mass is 16.5. The first kappa shape index (κ1) is 15.7. The van der Waals surface area contributed by atoms with E-state index in [1.165, 1.54) is 6.33 Å². The lowest BCUT2D eigenvalue weighted by atomic mass is 10.2. The number of nitrogens with zero attached hydrogens (tertiary/aromatic N) is 4. The summed E-state index contributed by atoms with van der Waals surface area (Å²) in [6, 6.07) is 9.22. The summed E-state index contributed by atoms with van der Waals surface area (Å²) in [5.41, 5.74) is 1.07. The predicted octanol–water partition coefficient (Wildman–Crippen LogP) is 2.38. The highest BCUT2D eigenvalue weighted by Gasteiger charge is 2.16. The zero-order valence-corrected chi connectivity index (χ0v) is 13.4. The van der Waals surface area contributed by atoms with E-state index in [0.29, 0.717) is 17.4 Å². The van der Waals surface area contributed by atoms with Crippen LogP contribution in [0.25, 0.3) is 5.82 Å². The smallest absolute Gasteiger partial charge is 0.266 e. The second-order valence-corrected chi connectivity index (χ2v) is 5.30. The van der Waals surface area contributed by atoms with Crippen molar-refractivity contribution in [3.8, 4) is 11.6 Å². The Morgan fingerprint density at radius 2 is 2.17 bits per heavy atom. The van der Waals surface area contributed by atoms with Gasteiger partial charge in [-0.2, -0.15) is 0 Å². The number of ether oxygens (including phenoxy) is 1. The molecule has 2 heterocycles.